The van der Waals surface area contributed by atoms with Gasteiger partial charge in [-0.3, -0.25) is 0 Å². The van der Waals surface area contributed by atoms with Gasteiger partial charge in [0.2, 0.25) is 0 Å². The van der Waals surface area contributed by atoms with Crippen LogP contribution in [0.25, 0.3) is 0 Å². The van der Waals surface area contributed by atoms with Crippen molar-refractivity contribution in [3.8, 4) is 0 Å². The van der Waals surface area contributed by atoms with Gasteiger partial charge in [-0.05, 0) is 26.3 Å². The van der Waals surface area contributed by atoms with Crippen molar-refractivity contribution in [2.75, 3.05) is 13.7 Å². The Balaban J connectivity index is 2.33. The van der Waals surface area contributed by atoms with E-state index in [0.29, 0.717) is 0 Å². The summed E-state index contributed by atoms with van der Waals surface area (Å²) in [7, 11) is 1.87. The molecule has 20 heavy (non-hydrogen) atoms. The van der Waals surface area contributed by atoms with Crippen molar-refractivity contribution in [2.24, 2.45) is 0 Å². The van der Waals surface area contributed by atoms with Crippen molar-refractivity contribution < 1.29 is 4.74 Å². The molecule has 0 bridgehead atoms. The summed E-state index contributed by atoms with van der Waals surface area (Å²) in [4.78, 5) is 4.63. The third kappa shape index (κ3) is 3.07. The van der Waals surface area contributed by atoms with Gasteiger partial charge in [-0.1, -0.05) is 32.6 Å². The molecule has 1 heterocycles. The Bertz CT molecular complexity index is 394. The number of ether oxygens (including phenoxy) is 1. The van der Waals surface area contributed by atoms with Crippen molar-refractivity contribution >= 4 is 0 Å². The van der Waals surface area contributed by atoms with Gasteiger partial charge in [0.05, 0.1) is 11.6 Å². The lowest BCUT2D eigenvalue weighted by atomic mass is 9.85. The Labute approximate surface area is 122 Å². The lowest BCUT2D eigenvalue weighted by Crippen LogP contribution is -2.46. The van der Waals surface area contributed by atoms with Crippen LogP contribution in [0.1, 0.15) is 64.2 Å². The van der Waals surface area contributed by atoms with Crippen LogP contribution in [-0.2, 0) is 11.3 Å². The molecule has 0 radical (unpaired) electrons. The third-order valence-electron chi connectivity index (χ3n) is 4.64. The molecule has 1 atom stereocenters. The van der Waals surface area contributed by atoms with Crippen molar-refractivity contribution in [1.29, 1.82) is 0 Å². The van der Waals surface area contributed by atoms with E-state index in [-0.39, 0.29) is 11.6 Å². The van der Waals surface area contributed by atoms with Crippen LogP contribution in [0.15, 0.2) is 12.4 Å². The topological polar surface area (TPSA) is 39.1 Å². The van der Waals surface area contributed by atoms with Gasteiger partial charge in [0.15, 0.2) is 0 Å². The molecule has 1 unspecified atom stereocenters. The number of rotatable bonds is 6. The maximum absolute atomic E-state index is 6.08. The van der Waals surface area contributed by atoms with Gasteiger partial charge < -0.3 is 14.6 Å². The van der Waals surface area contributed by atoms with Gasteiger partial charge in [0, 0.05) is 26.0 Å². The molecule has 4 nitrogen and oxygen atoms in total. The second-order valence-electron chi connectivity index (χ2n) is 5.75. The van der Waals surface area contributed by atoms with Crippen molar-refractivity contribution in [3.05, 3.63) is 18.2 Å². The van der Waals surface area contributed by atoms with Gasteiger partial charge in [0.25, 0.3) is 0 Å². The lowest BCUT2D eigenvalue weighted by molar-refractivity contribution is -0.0565. The van der Waals surface area contributed by atoms with Crippen LogP contribution < -0.4 is 5.32 Å². The average molecular weight is 279 g/mol. The minimum Gasteiger partial charge on any atom is -0.376 e. The van der Waals surface area contributed by atoms with Crippen LogP contribution in [0.2, 0.25) is 0 Å². The Hall–Kier alpha value is -0.870. The van der Waals surface area contributed by atoms with E-state index in [2.05, 4.69) is 34.9 Å². The minimum absolute atomic E-state index is 0.106. The van der Waals surface area contributed by atoms with E-state index in [1.54, 1.807) is 0 Å². The SMILES string of the molecule is CCNC(c1nccn1CC)C1(OC)CCCCCC1. The molecular weight excluding hydrogens is 250 g/mol. The number of nitrogens with zero attached hydrogens (tertiary/aromatic N) is 2. The van der Waals surface area contributed by atoms with Gasteiger partial charge in [-0.25, -0.2) is 4.98 Å². The first-order valence-corrected chi connectivity index (χ1v) is 8.07. The number of hydrogen-bond acceptors (Lipinski definition) is 3. The molecule has 0 saturated heterocycles. The second kappa shape index (κ2) is 7.23. The molecule has 4 heteroatoms. The monoisotopic (exact) mass is 279 g/mol. The number of methoxy groups -OCH3 is 1. The first-order chi connectivity index (χ1) is 9.77. The highest BCUT2D eigenvalue weighted by atomic mass is 16.5. The van der Waals surface area contributed by atoms with Crippen molar-refractivity contribution in [2.45, 2.75) is 70.6 Å². The van der Waals surface area contributed by atoms with E-state index in [0.717, 1.165) is 31.8 Å². The van der Waals surface area contributed by atoms with E-state index in [1.165, 1.54) is 25.7 Å². The number of hydrogen-bond donors (Lipinski definition) is 1. The molecule has 1 fully saturated rings. The molecular formula is C16H29N3O. The summed E-state index contributed by atoms with van der Waals surface area (Å²) in [5.74, 6) is 1.12. The smallest absolute Gasteiger partial charge is 0.128 e. The number of aromatic nitrogens is 2. The highest BCUT2D eigenvalue weighted by molar-refractivity contribution is 5.09. The lowest BCUT2D eigenvalue weighted by Gasteiger charge is -2.39. The zero-order valence-electron chi connectivity index (χ0n) is 13.2. The van der Waals surface area contributed by atoms with Crippen LogP contribution in [0.5, 0.6) is 0 Å². The summed E-state index contributed by atoms with van der Waals surface area (Å²) in [5.41, 5.74) is -0.106. The van der Waals surface area contributed by atoms with E-state index in [4.69, 9.17) is 4.74 Å². The van der Waals surface area contributed by atoms with Crippen molar-refractivity contribution in [1.82, 2.24) is 14.9 Å². The molecule has 0 spiro atoms. The molecule has 1 saturated carbocycles. The summed E-state index contributed by atoms with van der Waals surface area (Å²) < 4.78 is 8.32. The average Bonchev–Trinajstić information content (AvgIpc) is 2.81. The third-order valence-corrected chi connectivity index (χ3v) is 4.64. The Morgan fingerprint density at radius 2 is 2.00 bits per heavy atom. The first kappa shape index (κ1) is 15.5. The summed E-state index contributed by atoms with van der Waals surface area (Å²) >= 11 is 0. The predicted octanol–water partition coefficient (Wildman–Crippen LogP) is 3.29. The standard InChI is InChI=1S/C16H29N3O/c1-4-17-14(15-18-12-13-19(15)5-2)16(20-3)10-8-6-7-9-11-16/h12-14,17H,4-11H2,1-3H3. The summed E-state index contributed by atoms with van der Waals surface area (Å²) in [6, 6.07) is 0.186. The highest BCUT2D eigenvalue weighted by Crippen LogP contribution is 2.39. The van der Waals surface area contributed by atoms with Crippen LogP contribution in [-0.4, -0.2) is 28.8 Å². The summed E-state index contributed by atoms with van der Waals surface area (Å²) in [6.45, 7) is 6.22. The molecule has 1 aromatic rings. The Morgan fingerprint density at radius 1 is 1.30 bits per heavy atom. The normalized spacial score (nSPS) is 20.6. The maximum Gasteiger partial charge on any atom is 0.128 e. The molecule has 2 rings (SSSR count). The zero-order chi connectivity index (χ0) is 14.4. The number of imidazole rings is 1. The second-order valence-corrected chi connectivity index (χ2v) is 5.75. The fourth-order valence-corrected chi connectivity index (χ4v) is 3.50. The van der Waals surface area contributed by atoms with Gasteiger partial charge >= 0.3 is 0 Å². The van der Waals surface area contributed by atoms with Crippen LogP contribution >= 0.6 is 0 Å². The van der Waals surface area contributed by atoms with Crippen molar-refractivity contribution in [3.63, 3.8) is 0 Å². The molecule has 114 valence electrons. The van der Waals surface area contributed by atoms with Crippen LogP contribution in [0, 0.1) is 0 Å². The Morgan fingerprint density at radius 3 is 2.55 bits per heavy atom. The largest absolute Gasteiger partial charge is 0.376 e. The first-order valence-electron chi connectivity index (χ1n) is 8.07. The molecule has 1 aliphatic rings. The Kier molecular flexibility index (Phi) is 5.61. The fourth-order valence-electron chi connectivity index (χ4n) is 3.50. The summed E-state index contributed by atoms with van der Waals surface area (Å²) in [5, 5.41) is 3.64. The van der Waals surface area contributed by atoms with Gasteiger partial charge in [0.1, 0.15) is 5.82 Å². The van der Waals surface area contributed by atoms with E-state index in [1.807, 2.05) is 13.3 Å². The molecule has 0 aliphatic heterocycles. The van der Waals surface area contributed by atoms with Crippen LogP contribution in [0.3, 0.4) is 0 Å². The minimum atomic E-state index is -0.106. The van der Waals surface area contributed by atoms with Gasteiger partial charge in [-0.2, -0.15) is 0 Å². The number of aryl methyl sites for hydroxylation is 1. The quantitative estimate of drug-likeness (QED) is 0.812. The van der Waals surface area contributed by atoms with E-state index >= 15 is 0 Å². The zero-order valence-corrected chi connectivity index (χ0v) is 13.2. The molecule has 1 N–H and O–H groups in total. The van der Waals surface area contributed by atoms with E-state index in [9.17, 15) is 0 Å². The number of nitrogens with one attached hydrogen (secondary N) is 1. The maximum atomic E-state index is 6.08. The molecule has 0 amide bonds. The molecule has 1 aromatic heterocycles. The number of likely N-dealkylation sites (N-methyl/N-ethyl adjacent to an activating group) is 1. The predicted molar refractivity (Wildman–Crippen MR) is 81.8 cm³/mol. The molecule has 1 aliphatic carbocycles. The summed E-state index contributed by atoms with van der Waals surface area (Å²) in [6.07, 6.45) is 11.4. The van der Waals surface area contributed by atoms with Gasteiger partial charge in [-0.15, -0.1) is 0 Å². The van der Waals surface area contributed by atoms with Crippen LogP contribution in [0.4, 0.5) is 0 Å². The fraction of sp³-hybridized carbons (Fsp3) is 0.812. The molecule has 0 aromatic carbocycles. The highest BCUT2D eigenvalue weighted by Gasteiger charge is 2.41. The van der Waals surface area contributed by atoms with E-state index < -0.39 is 0 Å².